The van der Waals surface area contributed by atoms with Gasteiger partial charge < -0.3 is 5.32 Å². The van der Waals surface area contributed by atoms with Crippen LogP contribution in [0.25, 0.3) is 5.13 Å². The summed E-state index contributed by atoms with van der Waals surface area (Å²) in [7, 11) is 1.51. The highest BCUT2D eigenvalue weighted by Crippen LogP contribution is 2.17. The summed E-state index contributed by atoms with van der Waals surface area (Å²) in [6, 6.07) is 4.74. The van der Waals surface area contributed by atoms with Crippen LogP contribution in [0.1, 0.15) is 27.6 Å². The molecule has 0 radical (unpaired) electrons. The molecule has 0 atom stereocenters. The van der Waals surface area contributed by atoms with E-state index in [0.29, 0.717) is 13.0 Å². The van der Waals surface area contributed by atoms with Crippen LogP contribution in [-0.4, -0.2) is 37.0 Å². The van der Waals surface area contributed by atoms with Crippen molar-refractivity contribution in [3.8, 4) is 5.13 Å². The first kappa shape index (κ1) is 17.0. The second kappa shape index (κ2) is 6.98. The molecule has 1 N–H and O–H groups in total. The van der Waals surface area contributed by atoms with Crippen molar-refractivity contribution in [3.05, 3.63) is 56.7 Å². The maximum Gasteiger partial charge on any atom is 0.271 e. The van der Waals surface area contributed by atoms with E-state index in [1.807, 2.05) is 30.0 Å². The molecule has 130 valence electrons. The van der Waals surface area contributed by atoms with Gasteiger partial charge in [0, 0.05) is 37.2 Å². The Bertz CT molecular complexity index is 971. The second-order valence-electron chi connectivity index (χ2n) is 5.65. The minimum Gasteiger partial charge on any atom is -0.350 e. The average Bonchev–Trinajstić information content (AvgIpc) is 3.16. The van der Waals surface area contributed by atoms with E-state index in [4.69, 9.17) is 0 Å². The molecule has 0 spiro atoms. The number of aryl methyl sites for hydroxylation is 3. The van der Waals surface area contributed by atoms with Crippen molar-refractivity contribution in [2.75, 3.05) is 6.54 Å². The fraction of sp³-hybridized carbons (Fsp3) is 0.312. The first-order valence-electron chi connectivity index (χ1n) is 7.74. The van der Waals surface area contributed by atoms with Crippen LogP contribution >= 0.6 is 11.3 Å². The zero-order valence-corrected chi connectivity index (χ0v) is 15.0. The smallest absolute Gasteiger partial charge is 0.271 e. The Balaban J connectivity index is 1.59. The lowest BCUT2D eigenvalue weighted by Gasteiger charge is -2.04. The molecule has 0 saturated heterocycles. The van der Waals surface area contributed by atoms with Gasteiger partial charge in [0.05, 0.1) is 11.4 Å². The summed E-state index contributed by atoms with van der Waals surface area (Å²) in [5.74, 6) is -0.315. The van der Waals surface area contributed by atoms with E-state index in [9.17, 15) is 9.59 Å². The first-order chi connectivity index (χ1) is 11.9. The number of carbonyl (C=O) groups excluding carboxylic acids is 1. The van der Waals surface area contributed by atoms with Crippen LogP contribution in [0.15, 0.2) is 28.4 Å². The number of thiazole rings is 1. The summed E-state index contributed by atoms with van der Waals surface area (Å²) in [4.78, 5) is 27.9. The number of nitrogens with zero attached hydrogens (tertiary/aromatic N) is 5. The van der Waals surface area contributed by atoms with Crippen LogP contribution in [0.5, 0.6) is 0 Å². The molecule has 0 aromatic carbocycles. The third kappa shape index (κ3) is 3.82. The highest BCUT2D eigenvalue weighted by atomic mass is 32.1. The van der Waals surface area contributed by atoms with Crippen LogP contribution in [0.4, 0.5) is 0 Å². The van der Waals surface area contributed by atoms with Gasteiger partial charge >= 0.3 is 0 Å². The molecule has 8 nitrogen and oxygen atoms in total. The lowest BCUT2D eigenvalue weighted by atomic mass is 10.3. The summed E-state index contributed by atoms with van der Waals surface area (Å²) in [6.45, 7) is 4.37. The van der Waals surface area contributed by atoms with Crippen LogP contribution < -0.4 is 10.9 Å². The minimum absolute atomic E-state index is 0.212. The van der Waals surface area contributed by atoms with Crippen LogP contribution in [-0.2, 0) is 13.5 Å². The molecule has 25 heavy (non-hydrogen) atoms. The van der Waals surface area contributed by atoms with Gasteiger partial charge in [0.2, 0.25) is 5.13 Å². The van der Waals surface area contributed by atoms with Gasteiger partial charge in [0.25, 0.3) is 11.5 Å². The molecular weight excluding hydrogens is 340 g/mol. The van der Waals surface area contributed by atoms with Crippen molar-refractivity contribution in [3.63, 3.8) is 0 Å². The van der Waals surface area contributed by atoms with Gasteiger partial charge in [0.1, 0.15) is 5.69 Å². The zero-order chi connectivity index (χ0) is 18.0. The Morgan fingerprint density at radius 2 is 2.08 bits per heavy atom. The molecule has 0 aliphatic rings. The molecule has 0 bridgehead atoms. The predicted octanol–water partition coefficient (Wildman–Crippen LogP) is 1.01. The summed E-state index contributed by atoms with van der Waals surface area (Å²) >= 11 is 1.52. The Labute approximate surface area is 148 Å². The number of amides is 1. The third-order valence-electron chi connectivity index (χ3n) is 3.59. The summed E-state index contributed by atoms with van der Waals surface area (Å²) in [5, 5.41) is 13.9. The summed E-state index contributed by atoms with van der Waals surface area (Å²) < 4.78 is 2.95. The molecule has 1 amide bonds. The average molecular weight is 358 g/mol. The van der Waals surface area contributed by atoms with Crippen molar-refractivity contribution < 1.29 is 4.79 Å². The number of hydrogen-bond donors (Lipinski definition) is 1. The maximum absolute atomic E-state index is 12.1. The minimum atomic E-state index is -0.315. The van der Waals surface area contributed by atoms with Gasteiger partial charge in [-0.25, -0.2) is 14.3 Å². The summed E-state index contributed by atoms with van der Waals surface area (Å²) in [6.07, 6.45) is 0.604. The second-order valence-corrected chi connectivity index (χ2v) is 6.48. The topological polar surface area (TPSA) is 94.7 Å². The van der Waals surface area contributed by atoms with E-state index in [0.717, 1.165) is 26.9 Å². The fourth-order valence-corrected chi connectivity index (χ4v) is 3.22. The molecule has 0 unspecified atom stereocenters. The Kier molecular flexibility index (Phi) is 4.75. The van der Waals surface area contributed by atoms with E-state index in [-0.39, 0.29) is 17.2 Å². The van der Waals surface area contributed by atoms with Gasteiger partial charge in [-0.1, -0.05) is 0 Å². The van der Waals surface area contributed by atoms with Gasteiger partial charge in [-0.15, -0.1) is 11.3 Å². The molecule has 0 aliphatic heterocycles. The molecule has 9 heteroatoms. The molecule has 0 saturated carbocycles. The maximum atomic E-state index is 12.1. The van der Waals surface area contributed by atoms with E-state index < -0.39 is 0 Å². The number of nitrogens with one attached hydrogen (secondary N) is 1. The Hall–Kier alpha value is -2.81. The van der Waals surface area contributed by atoms with Crippen molar-refractivity contribution in [2.45, 2.75) is 20.3 Å². The zero-order valence-electron chi connectivity index (χ0n) is 14.2. The lowest BCUT2D eigenvalue weighted by molar-refractivity contribution is 0.0947. The van der Waals surface area contributed by atoms with Gasteiger partial charge in [0.15, 0.2) is 0 Å². The largest absolute Gasteiger partial charge is 0.350 e. The molecular formula is C16H18N6O2S. The SMILES string of the molecule is Cc1cc(C)n(-c2nc(CCNC(=O)c3ccc(=O)n(C)n3)cs2)n1. The highest BCUT2D eigenvalue weighted by molar-refractivity contribution is 7.12. The summed E-state index contributed by atoms with van der Waals surface area (Å²) in [5.41, 5.74) is 2.83. The number of rotatable bonds is 5. The number of hydrogen-bond acceptors (Lipinski definition) is 6. The predicted molar refractivity (Wildman–Crippen MR) is 94.2 cm³/mol. The molecule has 3 heterocycles. The van der Waals surface area contributed by atoms with Crippen molar-refractivity contribution in [2.24, 2.45) is 7.05 Å². The van der Waals surface area contributed by atoms with E-state index in [1.54, 1.807) is 0 Å². The fourth-order valence-electron chi connectivity index (χ4n) is 2.35. The third-order valence-corrected chi connectivity index (χ3v) is 4.46. The molecule has 0 aliphatic carbocycles. The molecule has 3 aromatic rings. The normalized spacial score (nSPS) is 10.8. The van der Waals surface area contributed by atoms with Crippen molar-refractivity contribution >= 4 is 17.2 Å². The molecule has 3 aromatic heterocycles. The number of aromatic nitrogens is 5. The monoisotopic (exact) mass is 358 g/mol. The van der Waals surface area contributed by atoms with Crippen molar-refractivity contribution in [1.82, 2.24) is 29.9 Å². The van der Waals surface area contributed by atoms with Gasteiger partial charge in [-0.2, -0.15) is 10.2 Å². The van der Waals surface area contributed by atoms with Crippen LogP contribution in [0.3, 0.4) is 0 Å². The van der Waals surface area contributed by atoms with Gasteiger partial charge in [-0.05, 0) is 26.0 Å². The Morgan fingerprint density at radius 1 is 1.28 bits per heavy atom. The van der Waals surface area contributed by atoms with Crippen LogP contribution in [0.2, 0.25) is 0 Å². The molecule has 3 rings (SSSR count). The number of carbonyl (C=O) groups is 1. The lowest BCUT2D eigenvalue weighted by Crippen LogP contribution is -2.29. The quantitative estimate of drug-likeness (QED) is 0.734. The van der Waals surface area contributed by atoms with E-state index in [1.165, 1.54) is 30.5 Å². The van der Waals surface area contributed by atoms with Crippen molar-refractivity contribution in [1.29, 1.82) is 0 Å². The van der Waals surface area contributed by atoms with Gasteiger partial charge in [-0.3, -0.25) is 9.59 Å². The first-order valence-corrected chi connectivity index (χ1v) is 8.62. The standard InChI is InChI=1S/C16H18N6O2S/c1-10-8-11(2)22(19-10)16-18-12(9-25-16)6-7-17-15(24)13-4-5-14(23)21(3)20-13/h4-5,8-9H,6-7H2,1-3H3,(H,17,24). The van der Waals surface area contributed by atoms with E-state index >= 15 is 0 Å². The Morgan fingerprint density at radius 3 is 2.76 bits per heavy atom. The highest BCUT2D eigenvalue weighted by Gasteiger charge is 2.10. The van der Waals surface area contributed by atoms with E-state index in [2.05, 4.69) is 20.5 Å². The van der Waals surface area contributed by atoms with Crippen LogP contribution in [0, 0.1) is 13.8 Å². The molecule has 0 fully saturated rings.